The van der Waals surface area contributed by atoms with Crippen LogP contribution in [0, 0.1) is 0 Å². The molecule has 0 aliphatic heterocycles. The molecule has 0 spiro atoms. The molecule has 424 valence electrons. The summed E-state index contributed by atoms with van der Waals surface area (Å²) in [4.78, 5) is 25.6. The van der Waals surface area contributed by atoms with Crippen molar-refractivity contribution in [1.82, 2.24) is 0 Å². The maximum atomic E-state index is 12.9. The second-order valence-electron chi connectivity index (χ2n) is 20.6. The van der Waals surface area contributed by atoms with Crippen LogP contribution in [-0.4, -0.2) is 37.9 Å². The summed E-state index contributed by atoms with van der Waals surface area (Å²) >= 11 is 0. The van der Waals surface area contributed by atoms with E-state index in [-0.39, 0.29) is 25.2 Å². The van der Waals surface area contributed by atoms with Gasteiger partial charge in [0.2, 0.25) is 0 Å². The van der Waals surface area contributed by atoms with Crippen LogP contribution in [0.5, 0.6) is 0 Å². The summed E-state index contributed by atoms with van der Waals surface area (Å²) in [5, 5.41) is 0. The van der Waals surface area contributed by atoms with E-state index in [0.717, 1.165) is 109 Å². The largest absolute Gasteiger partial charge is 0.462 e. The van der Waals surface area contributed by atoms with Gasteiger partial charge in [-0.3, -0.25) is 9.59 Å². The minimum atomic E-state index is -0.566. The van der Waals surface area contributed by atoms with E-state index in [1.54, 1.807) is 0 Å². The summed E-state index contributed by atoms with van der Waals surface area (Å²) in [6.45, 7) is 7.65. The minimum absolute atomic E-state index is 0.0574. The molecule has 5 heteroatoms. The number of rotatable bonds is 57. The quantitative estimate of drug-likeness (QED) is 0.0345. The Labute approximate surface area is 459 Å². The molecule has 0 amide bonds. The molecule has 0 aromatic carbocycles. The molecule has 0 aromatic heterocycles. The highest BCUT2D eigenvalue weighted by atomic mass is 16.6. The molecule has 5 nitrogen and oxygen atoms in total. The van der Waals surface area contributed by atoms with Gasteiger partial charge in [-0.2, -0.15) is 0 Å². The van der Waals surface area contributed by atoms with E-state index in [1.165, 1.54) is 148 Å². The highest BCUT2D eigenvalue weighted by molar-refractivity contribution is 5.70. The molecular formula is C69H118O5. The van der Waals surface area contributed by atoms with Gasteiger partial charge in [0.1, 0.15) is 6.61 Å². The van der Waals surface area contributed by atoms with Gasteiger partial charge in [-0.1, -0.05) is 259 Å². The fourth-order valence-electron chi connectivity index (χ4n) is 8.60. The molecule has 0 fully saturated rings. The Kier molecular flexibility index (Phi) is 60.9. The highest BCUT2D eigenvalue weighted by Gasteiger charge is 2.17. The van der Waals surface area contributed by atoms with Crippen LogP contribution in [0.1, 0.15) is 290 Å². The lowest BCUT2D eigenvalue weighted by atomic mass is 10.1. The Bertz CT molecular complexity index is 1440. The van der Waals surface area contributed by atoms with Crippen molar-refractivity contribution in [3.8, 4) is 0 Å². The zero-order valence-electron chi connectivity index (χ0n) is 48.8. The van der Waals surface area contributed by atoms with Crippen molar-refractivity contribution < 1.29 is 23.8 Å². The number of carbonyl (C=O) groups excluding carboxylic acids is 2. The summed E-state index contributed by atoms with van der Waals surface area (Å²) in [5.74, 6) is -0.446. The summed E-state index contributed by atoms with van der Waals surface area (Å²) < 4.78 is 17.5. The predicted octanol–water partition coefficient (Wildman–Crippen LogP) is 21.9. The van der Waals surface area contributed by atoms with E-state index in [2.05, 4.69) is 130 Å². The van der Waals surface area contributed by atoms with E-state index in [4.69, 9.17) is 14.2 Å². The van der Waals surface area contributed by atoms with Crippen LogP contribution in [0.2, 0.25) is 0 Å². The molecule has 74 heavy (non-hydrogen) atoms. The Morgan fingerprint density at radius 3 is 1.03 bits per heavy atom. The third-order valence-electron chi connectivity index (χ3n) is 13.3. The first kappa shape index (κ1) is 70.6. The van der Waals surface area contributed by atoms with Crippen LogP contribution in [0.4, 0.5) is 0 Å². The first-order chi connectivity index (χ1) is 36.6. The van der Waals surface area contributed by atoms with E-state index in [0.29, 0.717) is 19.4 Å². The van der Waals surface area contributed by atoms with Gasteiger partial charge in [0.05, 0.1) is 6.61 Å². The van der Waals surface area contributed by atoms with Crippen LogP contribution < -0.4 is 0 Å². The maximum Gasteiger partial charge on any atom is 0.306 e. The third-order valence-corrected chi connectivity index (χ3v) is 13.3. The van der Waals surface area contributed by atoms with Gasteiger partial charge < -0.3 is 14.2 Å². The van der Waals surface area contributed by atoms with Crippen molar-refractivity contribution in [2.24, 2.45) is 0 Å². The molecule has 0 N–H and O–H groups in total. The van der Waals surface area contributed by atoms with Crippen LogP contribution in [0.15, 0.2) is 109 Å². The number of hydrogen-bond acceptors (Lipinski definition) is 5. The van der Waals surface area contributed by atoms with E-state index in [9.17, 15) is 9.59 Å². The second-order valence-corrected chi connectivity index (χ2v) is 20.6. The summed E-state index contributed by atoms with van der Waals surface area (Å²) in [6, 6.07) is 0. The van der Waals surface area contributed by atoms with Crippen LogP contribution in [0.25, 0.3) is 0 Å². The Balaban J connectivity index is 4.38. The lowest BCUT2D eigenvalue weighted by Gasteiger charge is -2.18. The molecular weight excluding hydrogens is 909 g/mol. The molecule has 0 heterocycles. The zero-order chi connectivity index (χ0) is 53.4. The standard InChI is InChI=1S/C69H118O5/c1-4-7-10-13-16-19-22-25-28-31-34-37-40-43-46-49-52-55-58-61-64-72-65-67(74-69(71)63-60-57-54-51-48-45-42-39-36-33-30-27-24-21-18-15-12-9-6-3)66-73-68(70)62-59-56-53-50-47-44-41-38-35-32-29-26-23-20-17-14-11-8-5-2/h8,11,17-18,20-21,25-30,35-36,38-39,44,47,67H,4-7,9-10,12-16,19,22-24,31-34,37,40-43,45-46,48-66H2,1-3H3/b11-8-,20-17-,21-18-,28-25-,29-26-,30-27-,38-35-,39-36-,47-44-. The zero-order valence-corrected chi connectivity index (χ0v) is 48.8. The Morgan fingerprint density at radius 1 is 0.311 bits per heavy atom. The van der Waals surface area contributed by atoms with Gasteiger partial charge >= 0.3 is 11.9 Å². The molecule has 0 radical (unpaired) electrons. The maximum absolute atomic E-state index is 12.9. The predicted molar refractivity (Wildman–Crippen MR) is 325 cm³/mol. The molecule has 0 bridgehead atoms. The normalized spacial score (nSPS) is 13.0. The monoisotopic (exact) mass is 1030 g/mol. The van der Waals surface area contributed by atoms with E-state index >= 15 is 0 Å². The van der Waals surface area contributed by atoms with Gasteiger partial charge in [0.25, 0.3) is 0 Å². The average Bonchev–Trinajstić information content (AvgIpc) is 3.40. The summed E-state index contributed by atoms with van der Waals surface area (Å²) in [5.41, 5.74) is 0. The van der Waals surface area contributed by atoms with Crippen LogP contribution in [-0.2, 0) is 23.8 Å². The molecule has 0 aliphatic rings. The fraction of sp³-hybridized carbons (Fsp3) is 0.710. The van der Waals surface area contributed by atoms with Gasteiger partial charge in [-0.05, 0) is 128 Å². The van der Waals surface area contributed by atoms with Crippen LogP contribution >= 0.6 is 0 Å². The fourth-order valence-corrected chi connectivity index (χ4v) is 8.60. The number of allylic oxidation sites excluding steroid dienone is 18. The van der Waals surface area contributed by atoms with Gasteiger partial charge in [0.15, 0.2) is 6.10 Å². The Morgan fingerprint density at radius 2 is 0.608 bits per heavy atom. The minimum Gasteiger partial charge on any atom is -0.462 e. The number of ether oxygens (including phenoxy) is 3. The summed E-state index contributed by atoms with van der Waals surface area (Å²) in [6.07, 6.45) is 88.3. The molecule has 0 aromatic rings. The SMILES string of the molecule is CC/C=C\C/C=C\C/C=C\C/C=C\C/C=C\CCCCCC(=O)OCC(COCCCCCCCCCCCC/C=C\CCCCCCCC)OC(=O)CCCCCCCC/C=C\C/C=C\C/C=C\CCCCC. The number of hydrogen-bond donors (Lipinski definition) is 0. The Hall–Kier alpha value is -3.44. The smallest absolute Gasteiger partial charge is 0.306 e. The second kappa shape index (κ2) is 63.8. The number of unbranched alkanes of at least 4 members (excludes halogenated alkanes) is 28. The first-order valence-corrected chi connectivity index (χ1v) is 31.4. The molecule has 1 unspecified atom stereocenters. The van der Waals surface area contributed by atoms with Crippen molar-refractivity contribution in [3.63, 3.8) is 0 Å². The van der Waals surface area contributed by atoms with Crippen molar-refractivity contribution in [3.05, 3.63) is 109 Å². The topological polar surface area (TPSA) is 61.8 Å². The van der Waals surface area contributed by atoms with E-state index in [1.807, 2.05) is 0 Å². The lowest BCUT2D eigenvalue weighted by molar-refractivity contribution is -0.163. The third kappa shape index (κ3) is 61.1. The van der Waals surface area contributed by atoms with E-state index < -0.39 is 6.10 Å². The van der Waals surface area contributed by atoms with Gasteiger partial charge in [-0.15, -0.1) is 0 Å². The van der Waals surface area contributed by atoms with Crippen molar-refractivity contribution >= 4 is 11.9 Å². The van der Waals surface area contributed by atoms with Crippen molar-refractivity contribution in [1.29, 1.82) is 0 Å². The summed E-state index contributed by atoms with van der Waals surface area (Å²) in [7, 11) is 0. The average molecular weight is 1030 g/mol. The van der Waals surface area contributed by atoms with Crippen LogP contribution in [0.3, 0.4) is 0 Å². The number of carbonyl (C=O) groups is 2. The van der Waals surface area contributed by atoms with Crippen molar-refractivity contribution in [2.45, 2.75) is 297 Å². The molecule has 1 atom stereocenters. The molecule has 0 aliphatic carbocycles. The molecule has 0 saturated carbocycles. The lowest BCUT2D eigenvalue weighted by Crippen LogP contribution is -2.30. The van der Waals surface area contributed by atoms with Crippen molar-refractivity contribution in [2.75, 3.05) is 19.8 Å². The molecule has 0 rings (SSSR count). The molecule has 0 saturated heterocycles. The number of esters is 2. The highest BCUT2D eigenvalue weighted by Crippen LogP contribution is 2.15. The first-order valence-electron chi connectivity index (χ1n) is 31.4. The van der Waals surface area contributed by atoms with Gasteiger partial charge in [-0.25, -0.2) is 0 Å². The van der Waals surface area contributed by atoms with Gasteiger partial charge in [0, 0.05) is 19.4 Å².